The molecule has 0 aliphatic carbocycles. The minimum absolute atomic E-state index is 0.00580. The molecule has 2 aromatic rings. The van der Waals surface area contributed by atoms with Crippen LogP contribution in [0.1, 0.15) is 36.7 Å². The lowest BCUT2D eigenvalue weighted by Gasteiger charge is -2.28. The van der Waals surface area contributed by atoms with Crippen LogP contribution in [-0.4, -0.2) is 47.1 Å². The van der Waals surface area contributed by atoms with Gasteiger partial charge in [0.15, 0.2) is 0 Å². The van der Waals surface area contributed by atoms with Gasteiger partial charge in [-0.05, 0) is 45.0 Å². The van der Waals surface area contributed by atoms with E-state index in [-0.39, 0.29) is 23.6 Å². The molecule has 0 saturated carbocycles. The lowest BCUT2D eigenvalue weighted by molar-refractivity contribution is -0.274. The van der Waals surface area contributed by atoms with Gasteiger partial charge in [0.1, 0.15) is 18.2 Å². The molecule has 0 radical (unpaired) electrons. The Kier molecular flexibility index (Phi) is 9.35. The summed E-state index contributed by atoms with van der Waals surface area (Å²) in [6.07, 6.45) is 0.629. The monoisotopic (exact) mass is 479 g/mol. The number of amides is 1. The number of hydrogen-bond acceptors (Lipinski definition) is 5. The number of halogens is 4. The van der Waals surface area contributed by atoms with E-state index < -0.39 is 29.9 Å². The van der Waals surface area contributed by atoms with Crippen molar-refractivity contribution in [1.29, 1.82) is 0 Å². The fraction of sp³-hybridized carbons (Fsp3) is 0.292. The van der Waals surface area contributed by atoms with Crippen LogP contribution in [0.5, 0.6) is 11.6 Å². The number of likely N-dealkylation sites (N-methyl/N-ethyl adjacent to an activating group) is 1. The van der Waals surface area contributed by atoms with Crippen molar-refractivity contribution in [1.82, 2.24) is 9.88 Å². The molecule has 1 atom stereocenters. The maximum atomic E-state index is 14.6. The molecule has 0 N–H and O–H groups in total. The Morgan fingerprint density at radius 2 is 2.03 bits per heavy atom. The van der Waals surface area contributed by atoms with Crippen molar-refractivity contribution in [3.05, 3.63) is 78.4 Å². The quantitative estimate of drug-likeness (QED) is 0.254. The Morgan fingerprint density at radius 1 is 1.29 bits per heavy atom. The summed E-state index contributed by atoms with van der Waals surface area (Å²) in [5, 5.41) is 0. The van der Waals surface area contributed by atoms with Crippen LogP contribution in [0.3, 0.4) is 0 Å². The van der Waals surface area contributed by atoms with Crippen molar-refractivity contribution >= 4 is 11.6 Å². The molecule has 2 rings (SSSR count). The molecule has 1 unspecified atom stereocenters. The minimum Gasteiger partial charge on any atom is -0.475 e. The summed E-state index contributed by atoms with van der Waals surface area (Å²) in [6.45, 7) is 8.95. The van der Waals surface area contributed by atoms with Gasteiger partial charge in [-0.15, -0.1) is 13.2 Å². The molecule has 34 heavy (non-hydrogen) atoms. The third-order valence-electron chi connectivity index (χ3n) is 4.64. The molecule has 182 valence electrons. The van der Waals surface area contributed by atoms with Crippen molar-refractivity contribution < 1.29 is 31.8 Å². The van der Waals surface area contributed by atoms with Crippen molar-refractivity contribution in [2.45, 2.75) is 33.2 Å². The van der Waals surface area contributed by atoms with E-state index in [0.717, 1.165) is 12.3 Å². The molecule has 0 aliphatic rings. The maximum absolute atomic E-state index is 14.6. The van der Waals surface area contributed by atoms with E-state index in [1.54, 1.807) is 26.8 Å². The fourth-order valence-corrected chi connectivity index (χ4v) is 3.10. The first kappa shape index (κ1) is 26.6. The summed E-state index contributed by atoms with van der Waals surface area (Å²) >= 11 is 0. The first-order valence-corrected chi connectivity index (χ1v) is 10.3. The second-order valence-electron chi connectivity index (χ2n) is 7.09. The number of benzene rings is 1. The van der Waals surface area contributed by atoms with E-state index in [9.17, 15) is 22.4 Å². The van der Waals surface area contributed by atoms with Crippen molar-refractivity contribution in [2.75, 3.05) is 13.2 Å². The normalized spacial score (nSPS) is 13.0. The smallest absolute Gasteiger partial charge is 0.475 e. The highest BCUT2D eigenvalue weighted by Gasteiger charge is 2.31. The number of carbonyl (C=O) groups is 1. The first-order chi connectivity index (χ1) is 16.1. The van der Waals surface area contributed by atoms with Gasteiger partial charge < -0.3 is 14.4 Å². The number of ether oxygens (including phenoxy) is 2. The topological polar surface area (TPSA) is 64.0 Å². The van der Waals surface area contributed by atoms with Crippen LogP contribution in [0.25, 0.3) is 0 Å². The molecule has 1 amide bonds. The summed E-state index contributed by atoms with van der Waals surface area (Å²) in [4.78, 5) is 22.7. The maximum Gasteiger partial charge on any atom is 0.573 e. The van der Waals surface area contributed by atoms with Gasteiger partial charge in [-0.2, -0.15) is 0 Å². The van der Waals surface area contributed by atoms with Gasteiger partial charge >= 0.3 is 6.36 Å². The third kappa shape index (κ3) is 7.43. The van der Waals surface area contributed by atoms with Crippen LogP contribution in [0.2, 0.25) is 0 Å². The van der Waals surface area contributed by atoms with Gasteiger partial charge in [0.2, 0.25) is 5.88 Å². The number of carbonyl (C=O) groups excluding carboxylic acids is 1. The molecular weight excluding hydrogens is 454 g/mol. The standard InChI is InChI=1S/C24H25F4N3O3/c1-5-7-13-29-17(4)22-19(9-8-10-20(22)25)23(32)31(6-2)16(3)15-33-21-12-11-18(14-30-21)34-24(26,27)28/h5,7-14,16H,1,6,15H2,2-4H3/b13-7-,29-17+. The summed E-state index contributed by atoms with van der Waals surface area (Å²) in [7, 11) is 0. The highest BCUT2D eigenvalue weighted by molar-refractivity contribution is 6.09. The zero-order valence-electron chi connectivity index (χ0n) is 19.0. The number of allylic oxidation sites excluding steroid dienone is 2. The molecule has 0 spiro atoms. The predicted molar refractivity (Wildman–Crippen MR) is 121 cm³/mol. The largest absolute Gasteiger partial charge is 0.573 e. The molecule has 1 heterocycles. The second-order valence-corrected chi connectivity index (χ2v) is 7.09. The number of rotatable bonds is 10. The van der Waals surface area contributed by atoms with E-state index in [2.05, 4.69) is 21.3 Å². The van der Waals surface area contributed by atoms with Gasteiger partial charge in [0, 0.05) is 30.1 Å². The highest BCUT2D eigenvalue weighted by Crippen LogP contribution is 2.23. The Labute approximate surface area is 195 Å². The highest BCUT2D eigenvalue weighted by atomic mass is 19.4. The SMILES string of the molecule is C=C/C=C\N=C(/C)c1c(F)cccc1C(=O)N(CC)C(C)COc1ccc(OC(F)(F)F)cn1. The van der Waals surface area contributed by atoms with Crippen molar-refractivity contribution in [3.63, 3.8) is 0 Å². The van der Waals surface area contributed by atoms with Gasteiger partial charge in [0.25, 0.3) is 5.91 Å². The Bertz CT molecular complexity index is 1050. The summed E-state index contributed by atoms with van der Waals surface area (Å²) < 4.78 is 60.7. The van der Waals surface area contributed by atoms with E-state index in [1.165, 1.54) is 41.4 Å². The molecule has 0 bridgehead atoms. The van der Waals surface area contributed by atoms with E-state index in [4.69, 9.17) is 4.74 Å². The molecular formula is C24H25F4N3O3. The number of aromatic nitrogens is 1. The third-order valence-corrected chi connectivity index (χ3v) is 4.64. The number of alkyl halides is 3. The van der Waals surface area contributed by atoms with Crippen LogP contribution in [0.15, 0.2) is 66.5 Å². The molecule has 10 heteroatoms. The van der Waals surface area contributed by atoms with Crippen LogP contribution >= 0.6 is 0 Å². The Hall–Kier alpha value is -3.69. The second kappa shape index (κ2) is 12.0. The average Bonchev–Trinajstić information content (AvgIpc) is 2.78. The summed E-state index contributed by atoms with van der Waals surface area (Å²) in [5.41, 5.74) is 0.563. The van der Waals surface area contributed by atoms with E-state index in [1.807, 2.05) is 0 Å². The van der Waals surface area contributed by atoms with Gasteiger partial charge in [-0.25, -0.2) is 9.37 Å². The summed E-state index contributed by atoms with van der Waals surface area (Å²) in [6, 6.07) is 6.07. The predicted octanol–water partition coefficient (Wildman–Crippen LogP) is 5.56. The molecule has 0 fully saturated rings. The van der Waals surface area contributed by atoms with Gasteiger partial charge in [0.05, 0.1) is 17.8 Å². The van der Waals surface area contributed by atoms with E-state index >= 15 is 0 Å². The zero-order valence-corrected chi connectivity index (χ0v) is 19.0. The van der Waals surface area contributed by atoms with Crippen molar-refractivity contribution in [3.8, 4) is 11.6 Å². The minimum atomic E-state index is -4.82. The lowest BCUT2D eigenvalue weighted by atomic mass is 10.0. The van der Waals surface area contributed by atoms with Crippen LogP contribution in [-0.2, 0) is 0 Å². The fourth-order valence-electron chi connectivity index (χ4n) is 3.10. The van der Waals surface area contributed by atoms with Crippen LogP contribution in [0, 0.1) is 5.82 Å². The van der Waals surface area contributed by atoms with Crippen molar-refractivity contribution in [2.24, 2.45) is 4.99 Å². The lowest BCUT2D eigenvalue weighted by Crippen LogP contribution is -2.42. The number of pyridine rings is 1. The van der Waals surface area contributed by atoms with Gasteiger partial charge in [-0.3, -0.25) is 9.79 Å². The molecule has 6 nitrogen and oxygen atoms in total. The van der Waals surface area contributed by atoms with E-state index in [0.29, 0.717) is 12.3 Å². The molecule has 0 saturated heterocycles. The van der Waals surface area contributed by atoms with Crippen LogP contribution < -0.4 is 9.47 Å². The first-order valence-electron chi connectivity index (χ1n) is 10.3. The zero-order chi connectivity index (χ0) is 25.3. The molecule has 0 aliphatic heterocycles. The number of nitrogens with zero attached hydrogens (tertiary/aromatic N) is 3. The Balaban J connectivity index is 2.16. The molecule has 1 aromatic carbocycles. The Morgan fingerprint density at radius 3 is 2.62 bits per heavy atom. The average molecular weight is 479 g/mol. The summed E-state index contributed by atoms with van der Waals surface area (Å²) in [5.74, 6) is -1.41. The number of aliphatic imine (C=N–C) groups is 1. The van der Waals surface area contributed by atoms with Gasteiger partial charge in [-0.1, -0.05) is 18.7 Å². The molecule has 1 aromatic heterocycles. The number of hydrogen-bond donors (Lipinski definition) is 0. The van der Waals surface area contributed by atoms with Crippen LogP contribution in [0.4, 0.5) is 17.6 Å².